The summed E-state index contributed by atoms with van der Waals surface area (Å²) in [5, 5.41) is 6.86. The number of rotatable bonds is 6. The van der Waals surface area contributed by atoms with Crippen LogP contribution >= 0.6 is 34.8 Å². The van der Waals surface area contributed by atoms with Crippen LogP contribution in [0.15, 0.2) is 65.8 Å². The molecule has 2 N–H and O–H groups in total. The molecule has 0 radical (unpaired) electrons. The summed E-state index contributed by atoms with van der Waals surface area (Å²) in [5.41, 5.74) is 3.55. The van der Waals surface area contributed by atoms with Crippen LogP contribution in [0.4, 0.5) is 10.1 Å². The van der Waals surface area contributed by atoms with E-state index in [0.717, 1.165) is 6.07 Å². The van der Waals surface area contributed by atoms with E-state index in [1.807, 2.05) is 0 Å². The van der Waals surface area contributed by atoms with Crippen LogP contribution in [0.25, 0.3) is 0 Å². The quantitative estimate of drug-likeness (QED) is 0.271. The Kier molecular flexibility index (Phi) is 8.05. The number of carbonyl (C=O) groups excluding carboxylic acids is 2. The lowest BCUT2D eigenvalue weighted by atomic mass is 10.2. The first kappa shape index (κ1) is 23.5. The van der Waals surface area contributed by atoms with Crippen LogP contribution < -0.4 is 15.5 Å². The summed E-state index contributed by atoms with van der Waals surface area (Å²) in [5.74, 6) is -2.11. The van der Waals surface area contributed by atoms with E-state index in [2.05, 4.69) is 15.8 Å². The summed E-state index contributed by atoms with van der Waals surface area (Å²) < 4.78 is 18.9. The second kappa shape index (κ2) is 10.9. The summed E-state index contributed by atoms with van der Waals surface area (Å²) in [6, 6.07) is 15.6. The molecular weight excluding hydrogens is 480 g/mol. The molecule has 10 heteroatoms. The predicted molar refractivity (Wildman–Crippen MR) is 123 cm³/mol. The Morgan fingerprint density at radius 2 is 1.66 bits per heavy atom. The van der Waals surface area contributed by atoms with Crippen LogP contribution in [-0.2, 0) is 16.2 Å². The Balaban J connectivity index is 1.55. The molecule has 0 aliphatic heterocycles. The number of carbonyl (C=O) groups is 2. The Labute approximate surface area is 197 Å². The first-order valence-corrected chi connectivity index (χ1v) is 10.2. The van der Waals surface area contributed by atoms with Crippen molar-refractivity contribution in [3.63, 3.8) is 0 Å². The minimum absolute atomic E-state index is 0.170. The Morgan fingerprint density at radius 3 is 2.38 bits per heavy atom. The van der Waals surface area contributed by atoms with Gasteiger partial charge in [0.05, 0.1) is 11.2 Å². The maximum absolute atomic E-state index is 13.2. The van der Waals surface area contributed by atoms with Crippen molar-refractivity contribution in [2.45, 2.75) is 6.61 Å². The summed E-state index contributed by atoms with van der Waals surface area (Å²) in [6.07, 6.45) is 1.34. The van der Waals surface area contributed by atoms with Crippen molar-refractivity contribution in [2.24, 2.45) is 5.10 Å². The van der Waals surface area contributed by atoms with Gasteiger partial charge in [-0.2, -0.15) is 5.10 Å². The normalized spacial score (nSPS) is 10.8. The fourth-order valence-corrected chi connectivity index (χ4v) is 3.18. The zero-order valence-electron chi connectivity index (χ0n) is 16.2. The van der Waals surface area contributed by atoms with Gasteiger partial charge in [-0.25, -0.2) is 9.82 Å². The lowest BCUT2D eigenvalue weighted by Gasteiger charge is -2.09. The smallest absolute Gasteiger partial charge is 0.329 e. The predicted octanol–water partition coefficient (Wildman–Crippen LogP) is 5.45. The molecule has 0 saturated carbocycles. The van der Waals surface area contributed by atoms with E-state index in [1.54, 1.807) is 42.5 Å². The highest BCUT2D eigenvalue weighted by molar-refractivity contribution is 6.40. The van der Waals surface area contributed by atoms with Gasteiger partial charge >= 0.3 is 11.8 Å². The standard InChI is InChI=1S/C22H15Cl3FN3O3/c23-17-5-2-6-18(24)16(17)12-32-15-4-1-3-13(9-15)11-27-29-22(31)21(30)28-14-7-8-20(26)19(25)10-14/h1-11H,12H2,(H,28,30)(H,29,31)/b27-11+. The highest BCUT2D eigenvalue weighted by Gasteiger charge is 2.13. The van der Waals surface area contributed by atoms with Gasteiger partial charge in [0, 0.05) is 21.3 Å². The second-order valence-electron chi connectivity index (χ2n) is 6.34. The number of amides is 2. The molecule has 0 unspecified atom stereocenters. The number of hydrogen-bond acceptors (Lipinski definition) is 4. The number of halogens is 4. The van der Waals surface area contributed by atoms with Crippen LogP contribution in [0.2, 0.25) is 15.1 Å². The number of hydrazone groups is 1. The molecule has 0 aliphatic carbocycles. The van der Waals surface area contributed by atoms with Crippen LogP contribution in [0.1, 0.15) is 11.1 Å². The van der Waals surface area contributed by atoms with Crippen LogP contribution in [0, 0.1) is 5.82 Å². The Bertz CT molecular complexity index is 1170. The molecule has 0 spiro atoms. The maximum Gasteiger partial charge on any atom is 0.329 e. The monoisotopic (exact) mass is 493 g/mol. The van der Waals surface area contributed by atoms with Gasteiger partial charge in [-0.3, -0.25) is 9.59 Å². The van der Waals surface area contributed by atoms with Gasteiger partial charge in [-0.15, -0.1) is 0 Å². The zero-order valence-corrected chi connectivity index (χ0v) is 18.5. The third-order valence-corrected chi connectivity index (χ3v) is 5.06. The average Bonchev–Trinajstić information content (AvgIpc) is 2.76. The third kappa shape index (κ3) is 6.43. The highest BCUT2D eigenvalue weighted by atomic mass is 35.5. The molecular formula is C22H15Cl3FN3O3. The van der Waals surface area contributed by atoms with Crippen LogP contribution in [0.3, 0.4) is 0 Å². The van der Waals surface area contributed by atoms with Crippen molar-refractivity contribution < 1.29 is 18.7 Å². The minimum atomic E-state index is -1.01. The molecule has 0 heterocycles. The van der Waals surface area contributed by atoms with E-state index in [4.69, 9.17) is 39.5 Å². The molecule has 0 aliphatic rings. The van der Waals surface area contributed by atoms with Gasteiger partial charge in [-0.1, -0.05) is 53.0 Å². The van der Waals surface area contributed by atoms with E-state index >= 15 is 0 Å². The van der Waals surface area contributed by atoms with E-state index in [-0.39, 0.29) is 17.3 Å². The first-order chi connectivity index (χ1) is 15.3. The van der Waals surface area contributed by atoms with Gasteiger partial charge in [-0.05, 0) is 48.0 Å². The lowest BCUT2D eigenvalue weighted by Crippen LogP contribution is -2.32. The summed E-state index contributed by atoms with van der Waals surface area (Å²) in [6.45, 7) is 0.170. The molecule has 3 aromatic carbocycles. The Morgan fingerprint density at radius 1 is 0.938 bits per heavy atom. The summed E-state index contributed by atoms with van der Waals surface area (Å²) in [7, 11) is 0. The van der Waals surface area contributed by atoms with Crippen molar-refractivity contribution in [3.05, 3.63) is 92.7 Å². The molecule has 32 heavy (non-hydrogen) atoms. The third-order valence-electron chi connectivity index (χ3n) is 4.07. The molecule has 164 valence electrons. The molecule has 0 atom stereocenters. The number of benzene rings is 3. The number of hydrogen-bond donors (Lipinski definition) is 2. The zero-order chi connectivity index (χ0) is 23.1. The van der Waals surface area contributed by atoms with Crippen molar-refractivity contribution in [1.29, 1.82) is 0 Å². The number of anilines is 1. The topological polar surface area (TPSA) is 79.8 Å². The van der Waals surface area contributed by atoms with E-state index < -0.39 is 17.6 Å². The highest BCUT2D eigenvalue weighted by Crippen LogP contribution is 2.26. The minimum Gasteiger partial charge on any atom is -0.489 e. The lowest BCUT2D eigenvalue weighted by molar-refractivity contribution is -0.136. The first-order valence-electron chi connectivity index (χ1n) is 9.08. The van der Waals surface area contributed by atoms with Gasteiger partial charge in [0.25, 0.3) is 0 Å². The van der Waals surface area contributed by atoms with Crippen molar-refractivity contribution >= 4 is 58.5 Å². The molecule has 3 aromatic rings. The van der Waals surface area contributed by atoms with Crippen molar-refractivity contribution in [3.8, 4) is 5.75 Å². The average molecular weight is 495 g/mol. The summed E-state index contributed by atoms with van der Waals surface area (Å²) in [4.78, 5) is 23.8. The number of nitrogens with one attached hydrogen (secondary N) is 2. The van der Waals surface area contributed by atoms with E-state index in [9.17, 15) is 14.0 Å². The molecule has 0 fully saturated rings. The van der Waals surface area contributed by atoms with Gasteiger partial charge in [0.15, 0.2) is 0 Å². The largest absolute Gasteiger partial charge is 0.489 e. The van der Waals surface area contributed by atoms with Crippen molar-refractivity contribution in [1.82, 2.24) is 5.43 Å². The molecule has 0 saturated heterocycles. The summed E-state index contributed by atoms with van der Waals surface area (Å²) >= 11 is 17.9. The molecule has 3 rings (SSSR count). The number of nitrogens with zero attached hydrogens (tertiary/aromatic N) is 1. The molecule has 2 amide bonds. The fraction of sp³-hybridized carbons (Fsp3) is 0.0455. The van der Waals surface area contributed by atoms with Gasteiger partial charge in [0.2, 0.25) is 0 Å². The van der Waals surface area contributed by atoms with E-state index in [0.29, 0.717) is 26.9 Å². The molecule has 6 nitrogen and oxygen atoms in total. The maximum atomic E-state index is 13.2. The Hall–Kier alpha value is -3.13. The number of ether oxygens (including phenoxy) is 1. The molecule has 0 aromatic heterocycles. The van der Waals surface area contributed by atoms with Crippen LogP contribution in [0.5, 0.6) is 5.75 Å². The van der Waals surface area contributed by atoms with Gasteiger partial charge < -0.3 is 10.1 Å². The molecule has 0 bridgehead atoms. The van der Waals surface area contributed by atoms with Crippen LogP contribution in [-0.4, -0.2) is 18.0 Å². The fourth-order valence-electron chi connectivity index (χ4n) is 2.49. The second-order valence-corrected chi connectivity index (χ2v) is 7.57. The SMILES string of the molecule is O=C(N/N=C/c1cccc(OCc2c(Cl)cccc2Cl)c1)C(=O)Nc1ccc(F)c(Cl)c1. The van der Waals surface area contributed by atoms with Gasteiger partial charge in [0.1, 0.15) is 18.2 Å². The van der Waals surface area contributed by atoms with E-state index in [1.165, 1.54) is 18.3 Å². The van der Waals surface area contributed by atoms with Crippen molar-refractivity contribution in [2.75, 3.05) is 5.32 Å².